The van der Waals surface area contributed by atoms with Crippen molar-refractivity contribution in [1.29, 1.82) is 0 Å². The van der Waals surface area contributed by atoms with Crippen molar-refractivity contribution >= 4 is 24.8 Å². The minimum absolute atomic E-state index is 0. The maximum absolute atomic E-state index is 9.04. The van der Waals surface area contributed by atoms with Crippen LogP contribution in [0.15, 0.2) is 24.3 Å². The van der Waals surface area contributed by atoms with Gasteiger partial charge in [-0.3, -0.25) is 0 Å². The lowest BCUT2D eigenvalue weighted by molar-refractivity contribution is 0.191. The summed E-state index contributed by atoms with van der Waals surface area (Å²) in [6.07, 6.45) is -0.281. The summed E-state index contributed by atoms with van der Waals surface area (Å²) in [7, 11) is 1.67. The molecule has 6 heteroatoms. The van der Waals surface area contributed by atoms with Crippen molar-refractivity contribution in [2.45, 2.75) is 19.6 Å². The van der Waals surface area contributed by atoms with Crippen LogP contribution in [-0.2, 0) is 6.54 Å². The third kappa shape index (κ3) is 9.99. The Morgan fingerprint density at radius 2 is 1.68 bits per heavy atom. The second-order valence-corrected chi connectivity index (χ2v) is 4.08. The van der Waals surface area contributed by atoms with Crippen LogP contribution >= 0.6 is 24.8 Å². The molecule has 0 aliphatic rings. The average molecular weight is 311 g/mol. The topological polar surface area (TPSA) is 53.5 Å². The molecule has 1 aromatic rings. The van der Waals surface area contributed by atoms with Crippen LogP contribution < -0.4 is 15.4 Å². The third-order valence-electron chi connectivity index (χ3n) is 2.41. The molecular weight excluding hydrogens is 287 g/mol. The Bertz CT molecular complexity index is 308. The Kier molecular flexibility index (Phi) is 13.7. The molecule has 0 aliphatic carbocycles. The van der Waals surface area contributed by atoms with Gasteiger partial charge in [0.2, 0.25) is 0 Å². The molecule has 112 valence electrons. The lowest BCUT2D eigenvalue weighted by Crippen LogP contribution is -2.31. The molecule has 0 amide bonds. The monoisotopic (exact) mass is 310 g/mol. The van der Waals surface area contributed by atoms with Gasteiger partial charge in [0, 0.05) is 26.2 Å². The fourth-order valence-electron chi connectivity index (χ4n) is 1.46. The number of ether oxygens (including phenoxy) is 1. The summed E-state index contributed by atoms with van der Waals surface area (Å²) in [4.78, 5) is 0. The summed E-state index contributed by atoms with van der Waals surface area (Å²) in [6.45, 7) is 5.02. The van der Waals surface area contributed by atoms with Crippen molar-refractivity contribution in [3.8, 4) is 5.75 Å². The van der Waals surface area contributed by atoms with Crippen molar-refractivity contribution < 1.29 is 9.84 Å². The van der Waals surface area contributed by atoms with Gasteiger partial charge in [-0.15, -0.1) is 24.8 Å². The van der Waals surface area contributed by atoms with Crippen LogP contribution in [0.2, 0.25) is 0 Å². The summed E-state index contributed by atoms with van der Waals surface area (Å²) in [5.41, 5.74) is 1.24. The molecule has 0 heterocycles. The maximum atomic E-state index is 9.04. The number of nitrogens with one attached hydrogen (secondary N) is 2. The Morgan fingerprint density at radius 1 is 1.11 bits per heavy atom. The van der Waals surface area contributed by atoms with Gasteiger partial charge in [-0.2, -0.15) is 0 Å². The first-order valence-electron chi connectivity index (χ1n) is 5.95. The van der Waals surface area contributed by atoms with Gasteiger partial charge in [0.05, 0.1) is 13.2 Å². The van der Waals surface area contributed by atoms with Crippen LogP contribution in [0.1, 0.15) is 12.5 Å². The summed E-state index contributed by atoms with van der Waals surface area (Å²) in [5, 5.41) is 15.5. The number of hydrogen-bond donors (Lipinski definition) is 3. The Morgan fingerprint density at radius 3 is 2.21 bits per heavy atom. The molecule has 1 atom stereocenters. The molecule has 1 rings (SSSR count). The molecule has 0 aromatic heterocycles. The van der Waals surface area contributed by atoms with Gasteiger partial charge < -0.3 is 20.5 Å². The predicted octanol–water partition coefficient (Wildman–Crippen LogP) is 1.60. The highest BCUT2D eigenvalue weighted by Crippen LogP contribution is 2.10. The second-order valence-electron chi connectivity index (χ2n) is 4.08. The summed E-state index contributed by atoms with van der Waals surface area (Å²) in [6, 6.07) is 8.02. The van der Waals surface area contributed by atoms with Crippen LogP contribution in [0, 0.1) is 0 Å². The number of hydrogen-bond acceptors (Lipinski definition) is 4. The first-order valence-corrected chi connectivity index (χ1v) is 5.95. The number of rotatable bonds is 8. The van der Waals surface area contributed by atoms with Gasteiger partial charge in [0.1, 0.15) is 5.75 Å². The van der Waals surface area contributed by atoms with Gasteiger partial charge in [0.15, 0.2) is 0 Å². The molecule has 0 saturated heterocycles. The quantitative estimate of drug-likeness (QED) is 0.638. The molecule has 0 fully saturated rings. The number of benzene rings is 1. The summed E-state index contributed by atoms with van der Waals surface area (Å²) >= 11 is 0. The lowest BCUT2D eigenvalue weighted by atomic mass is 10.2. The van der Waals surface area contributed by atoms with Crippen molar-refractivity contribution in [2.75, 3.05) is 26.7 Å². The van der Waals surface area contributed by atoms with E-state index in [9.17, 15) is 0 Å². The van der Waals surface area contributed by atoms with E-state index >= 15 is 0 Å². The van der Waals surface area contributed by atoms with Crippen molar-refractivity contribution in [2.24, 2.45) is 0 Å². The van der Waals surface area contributed by atoms with E-state index < -0.39 is 0 Å². The van der Waals surface area contributed by atoms with E-state index in [4.69, 9.17) is 9.84 Å². The van der Waals surface area contributed by atoms with Crippen LogP contribution in [-0.4, -0.2) is 38.0 Å². The van der Waals surface area contributed by atoms with Gasteiger partial charge >= 0.3 is 0 Å². The molecule has 1 unspecified atom stereocenters. The maximum Gasteiger partial charge on any atom is 0.118 e. The highest BCUT2D eigenvalue weighted by Gasteiger charge is 1.95. The SMILES string of the molecule is COc1ccc(CNCCNCC(C)O)cc1.Cl.Cl. The smallest absolute Gasteiger partial charge is 0.118 e. The first kappa shape index (κ1) is 20.8. The fourth-order valence-corrected chi connectivity index (χ4v) is 1.46. The summed E-state index contributed by atoms with van der Waals surface area (Å²) in [5.74, 6) is 0.882. The molecule has 1 aromatic carbocycles. The molecule has 3 N–H and O–H groups in total. The van der Waals surface area contributed by atoms with E-state index in [1.165, 1.54) is 5.56 Å². The Hall–Kier alpha value is -0.520. The minimum Gasteiger partial charge on any atom is -0.497 e. The molecular formula is C13H24Cl2N2O2. The van der Waals surface area contributed by atoms with Crippen LogP contribution in [0.25, 0.3) is 0 Å². The van der Waals surface area contributed by atoms with Crippen molar-refractivity contribution in [1.82, 2.24) is 10.6 Å². The van der Waals surface area contributed by atoms with Crippen LogP contribution in [0.5, 0.6) is 5.75 Å². The van der Waals surface area contributed by atoms with E-state index in [0.717, 1.165) is 25.4 Å². The zero-order valence-electron chi connectivity index (χ0n) is 11.4. The molecule has 0 aliphatic heterocycles. The standard InChI is InChI=1S/C13H22N2O2.2ClH/c1-11(16)9-14-7-8-15-10-12-3-5-13(17-2)6-4-12;;/h3-6,11,14-16H,7-10H2,1-2H3;2*1H. The van der Waals surface area contributed by atoms with Gasteiger partial charge in [0.25, 0.3) is 0 Å². The zero-order chi connectivity index (χ0) is 12.5. The molecule has 0 saturated carbocycles. The average Bonchev–Trinajstić information content (AvgIpc) is 2.34. The highest BCUT2D eigenvalue weighted by atomic mass is 35.5. The van der Waals surface area contributed by atoms with E-state index in [0.29, 0.717) is 6.54 Å². The number of aliphatic hydroxyl groups is 1. The summed E-state index contributed by atoms with van der Waals surface area (Å²) < 4.78 is 5.10. The lowest BCUT2D eigenvalue weighted by Gasteiger charge is -2.08. The van der Waals surface area contributed by atoms with E-state index in [1.54, 1.807) is 14.0 Å². The zero-order valence-corrected chi connectivity index (χ0v) is 13.0. The van der Waals surface area contributed by atoms with Crippen LogP contribution in [0.4, 0.5) is 0 Å². The molecule has 4 nitrogen and oxygen atoms in total. The minimum atomic E-state index is -0.281. The first-order chi connectivity index (χ1) is 8.22. The Balaban J connectivity index is 0. The second kappa shape index (κ2) is 12.5. The normalized spacial score (nSPS) is 11.1. The predicted molar refractivity (Wildman–Crippen MR) is 83.7 cm³/mol. The molecule has 19 heavy (non-hydrogen) atoms. The van der Waals surface area contributed by atoms with E-state index in [2.05, 4.69) is 22.8 Å². The molecule has 0 spiro atoms. The van der Waals surface area contributed by atoms with E-state index in [1.807, 2.05) is 12.1 Å². The highest BCUT2D eigenvalue weighted by molar-refractivity contribution is 5.85. The van der Waals surface area contributed by atoms with Crippen molar-refractivity contribution in [3.63, 3.8) is 0 Å². The van der Waals surface area contributed by atoms with Crippen LogP contribution in [0.3, 0.4) is 0 Å². The van der Waals surface area contributed by atoms with Gasteiger partial charge in [-0.1, -0.05) is 12.1 Å². The Labute approximate surface area is 127 Å². The van der Waals surface area contributed by atoms with Gasteiger partial charge in [-0.25, -0.2) is 0 Å². The largest absolute Gasteiger partial charge is 0.497 e. The van der Waals surface area contributed by atoms with Gasteiger partial charge in [-0.05, 0) is 24.6 Å². The number of halogens is 2. The number of aliphatic hydroxyl groups excluding tert-OH is 1. The number of methoxy groups -OCH3 is 1. The fraction of sp³-hybridized carbons (Fsp3) is 0.538. The third-order valence-corrected chi connectivity index (χ3v) is 2.41. The van der Waals surface area contributed by atoms with E-state index in [-0.39, 0.29) is 30.9 Å². The molecule has 0 radical (unpaired) electrons. The van der Waals surface area contributed by atoms with Crippen molar-refractivity contribution in [3.05, 3.63) is 29.8 Å². The molecule has 0 bridgehead atoms.